The van der Waals surface area contributed by atoms with Gasteiger partial charge in [-0.3, -0.25) is 19.2 Å². The van der Waals surface area contributed by atoms with E-state index in [1.165, 1.54) is 10.1 Å². The number of anilines is 1. The molecule has 0 radical (unpaired) electrons. The summed E-state index contributed by atoms with van der Waals surface area (Å²) in [5.74, 6) is 0.696. The van der Waals surface area contributed by atoms with E-state index in [1.807, 2.05) is 29.7 Å². The van der Waals surface area contributed by atoms with Gasteiger partial charge >= 0.3 is 5.69 Å². The van der Waals surface area contributed by atoms with Crippen LogP contribution < -0.4 is 16.1 Å². The molecule has 1 fully saturated rings. The van der Waals surface area contributed by atoms with Crippen LogP contribution in [0.25, 0.3) is 11.2 Å². The number of H-pyrrole nitrogens is 1. The number of piperazine rings is 1. The Balaban J connectivity index is 1.61. The van der Waals surface area contributed by atoms with Gasteiger partial charge in [-0.25, -0.2) is 4.79 Å². The van der Waals surface area contributed by atoms with Gasteiger partial charge in [0.2, 0.25) is 5.95 Å². The number of benzene rings is 1. The molecule has 1 aromatic carbocycles. The van der Waals surface area contributed by atoms with Gasteiger partial charge in [0.05, 0.1) is 0 Å². The van der Waals surface area contributed by atoms with Crippen LogP contribution in [0.4, 0.5) is 5.95 Å². The second kappa shape index (κ2) is 8.12. The second-order valence-electron chi connectivity index (χ2n) is 7.84. The van der Waals surface area contributed by atoms with Crippen molar-refractivity contribution in [2.45, 2.75) is 20.0 Å². The van der Waals surface area contributed by atoms with Crippen molar-refractivity contribution in [1.82, 2.24) is 24.0 Å². The molecule has 30 heavy (non-hydrogen) atoms. The summed E-state index contributed by atoms with van der Waals surface area (Å²) in [5, 5.41) is 0.746. The number of aromatic nitrogens is 4. The smallest absolute Gasteiger partial charge is 0.329 e. The van der Waals surface area contributed by atoms with Gasteiger partial charge in [-0.05, 0) is 24.6 Å². The predicted molar refractivity (Wildman–Crippen MR) is 119 cm³/mol. The van der Waals surface area contributed by atoms with Crippen LogP contribution in [-0.4, -0.2) is 50.2 Å². The average Bonchev–Trinajstić information content (AvgIpc) is 3.06. The number of halogens is 1. The molecule has 8 nitrogen and oxygen atoms in total. The molecule has 1 aliphatic rings. The maximum Gasteiger partial charge on any atom is 0.329 e. The zero-order valence-corrected chi connectivity index (χ0v) is 17.9. The first-order chi connectivity index (χ1) is 14.3. The highest BCUT2D eigenvalue weighted by Gasteiger charge is 2.25. The minimum atomic E-state index is -0.467. The Morgan fingerprint density at radius 2 is 1.97 bits per heavy atom. The van der Waals surface area contributed by atoms with Crippen LogP contribution in [0.1, 0.15) is 12.5 Å². The Morgan fingerprint density at radius 3 is 2.63 bits per heavy atom. The number of hydrogen-bond donors (Lipinski definition) is 1. The second-order valence-corrected chi connectivity index (χ2v) is 8.28. The Kier molecular flexibility index (Phi) is 5.53. The van der Waals surface area contributed by atoms with Crippen LogP contribution in [0.2, 0.25) is 5.02 Å². The molecule has 0 saturated carbocycles. The molecule has 2 aromatic heterocycles. The van der Waals surface area contributed by atoms with Crippen LogP contribution >= 0.6 is 11.6 Å². The van der Waals surface area contributed by atoms with Gasteiger partial charge in [-0.1, -0.05) is 35.9 Å². The minimum Gasteiger partial charge on any atom is -0.340 e. The first-order valence-electron chi connectivity index (χ1n) is 9.89. The highest BCUT2D eigenvalue weighted by atomic mass is 35.5. The van der Waals surface area contributed by atoms with Crippen LogP contribution in [0.15, 0.2) is 46.0 Å². The minimum absolute atomic E-state index is 0.390. The van der Waals surface area contributed by atoms with E-state index in [4.69, 9.17) is 11.6 Å². The van der Waals surface area contributed by atoms with Gasteiger partial charge in [-0.15, -0.1) is 0 Å². The number of imidazole rings is 1. The zero-order chi connectivity index (χ0) is 21.4. The van der Waals surface area contributed by atoms with Crippen molar-refractivity contribution < 1.29 is 0 Å². The summed E-state index contributed by atoms with van der Waals surface area (Å²) < 4.78 is 3.24. The third kappa shape index (κ3) is 3.93. The first kappa shape index (κ1) is 20.4. The standard InChI is InChI=1S/C21H25ClN6O2/c1-14(2)12-28-17-18(25(3)21(30)24-19(17)29)23-20(28)27-9-7-26(8-10-27)13-15-5-4-6-16(22)11-15/h4-6,11H,1,7-10,12-13H2,2-3H3,(H,24,29,30). The summed E-state index contributed by atoms with van der Waals surface area (Å²) in [5.41, 5.74) is 1.99. The fourth-order valence-corrected chi connectivity index (χ4v) is 4.10. The molecular weight excluding hydrogens is 404 g/mol. The maximum absolute atomic E-state index is 12.5. The number of nitrogens with one attached hydrogen (secondary N) is 1. The Labute approximate surface area is 179 Å². The average molecular weight is 429 g/mol. The summed E-state index contributed by atoms with van der Waals surface area (Å²) in [6.45, 7) is 10.5. The lowest BCUT2D eigenvalue weighted by atomic mass is 10.2. The fraction of sp³-hybridized carbons (Fsp3) is 0.381. The Hall–Kier alpha value is -2.84. The molecular formula is C21H25ClN6O2. The van der Waals surface area contributed by atoms with E-state index in [9.17, 15) is 9.59 Å². The van der Waals surface area contributed by atoms with Crippen molar-refractivity contribution >= 4 is 28.7 Å². The topological polar surface area (TPSA) is 79.2 Å². The van der Waals surface area contributed by atoms with E-state index in [0.717, 1.165) is 43.3 Å². The van der Waals surface area contributed by atoms with Crippen molar-refractivity contribution in [3.63, 3.8) is 0 Å². The molecule has 1 saturated heterocycles. The van der Waals surface area contributed by atoms with Crippen molar-refractivity contribution in [2.24, 2.45) is 7.05 Å². The number of aromatic amines is 1. The van der Waals surface area contributed by atoms with Crippen molar-refractivity contribution in [2.75, 3.05) is 31.1 Å². The zero-order valence-electron chi connectivity index (χ0n) is 17.2. The highest BCUT2D eigenvalue weighted by Crippen LogP contribution is 2.22. The fourth-order valence-electron chi connectivity index (χ4n) is 3.88. The largest absolute Gasteiger partial charge is 0.340 e. The molecule has 0 aliphatic carbocycles. The molecule has 4 rings (SSSR count). The van der Waals surface area contributed by atoms with Crippen LogP contribution in [0.3, 0.4) is 0 Å². The molecule has 0 unspecified atom stereocenters. The molecule has 3 heterocycles. The lowest BCUT2D eigenvalue weighted by Crippen LogP contribution is -2.46. The molecule has 0 spiro atoms. The van der Waals surface area contributed by atoms with Gasteiger partial charge in [-0.2, -0.15) is 4.98 Å². The van der Waals surface area contributed by atoms with Crippen molar-refractivity contribution in [3.05, 3.63) is 67.8 Å². The van der Waals surface area contributed by atoms with E-state index in [2.05, 4.69) is 32.4 Å². The van der Waals surface area contributed by atoms with Gasteiger partial charge < -0.3 is 9.47 Å². The first-order valence-corrected chi connectivity index (χ1v) is 10.3. The molecule has 1 aliphatic heterocycles. The molecule has 158 valence electrons. The summed E-state index contributed by atoms with van der Waals surface area (Å²) >= 11 is 6.10. The summed E-state index contributed by atoms with van der Waals surface area (Å²) in [7, 11) is 1.62. The maximum atomic E-state index is 12.5. The third-order valence-electron chi connectivity index (χ3n) is 5.37. The van der Waals surface area contributed by atoms with Crippen molar-refractivity contribution in [1.29, 1.82) is 0 Å². The van der Waals surface area contributed by atoms with Crippen LogP contribution in [0.5, 0.6) is 0 Å². The molecule has 0 amide bonds. The molecule has 9 heteroatoms. The molecule has 0 atom stereocenters. The molecule has 0 bridgehead atoms. The number of rotatable bonds is 5. The van der Waals surface area contributed by atoms with Gasteiger partial charge in [0.1, 0.15) is 0 Å². The van der Waals surface area contributed by atoms with Gasteiger partial charge in [0, 0.05) is 51.3 Å². The van der Waals surface area contributed by atoms with E-state index in [1.54, 1.807) is 7.05 Å². The number of nitrogens with zero attached hydrogens (tertiary/aromatic N) is 5. The Bertz CT molecular complexity index is 1220. The van der Waals surface area contributed by atoms with E-state index in [0.29, 0.717) is 23.7 Å². The number of hydrogen-bond acceptors (Lipinski definition) is 5. The lowest BCUT2D eigenvalue weighted by molar-refractivity contribution is 0.248. The quantitative estimate of drug-likeness (QED) is 0.628. The molecule has 1 N–H and O–H groups in total. The van der Waals surface area contributed by atoms with Gasteiger partial charge in [0.15, 0.2) is 11.2 Å². The Morgan fingerprint density at radius 1 is 1.23 bits per heavy atom. The highest BCUT2D eigenvalue weighted by molar-refractivity contribution is 6.30. The number of aryl methyl sites for hydroxylation is 1. The monoisotopic (exact) mass is 428 g/mol. The van der Waals surface area contributed by atoms with E-state index >= 15 is 0 Å². The van der Waals surface area contributed by atoms with Crippen molar-refractivity contribution in [3.8, 4) is 0 Å². The summed E-state index contributed by atoms with van der Waals surface area (Å²) in [6.07, 6.45) is 0. The normalized spacial score (nSPS) is 15.1. The predicted octanol–water partition coefficient (Wildman–Crippen LogP) is 1.97. The van der Waals surface area contributed by atoms with Crippen LogP contribution in [0, 0.1) is 0 Å². The van der Waals surface area contributed by atoms with E-state index in [-0.39, 0.29) is 0 Å². The number of allylic oxidation sites excluding steroid dienone is 1. The molecule has 3 aromatic rings. The third-order valence-corrected chi connectivity index (χ3v) is 5.60. The summed E-state index contributed by atoms with van der Waals surface area (Å²) in [4.78, 5) is 36.2. The SMILES string of the molecule is C=C(C)Cn1c(N2CCN(Cc3cccc(Cl)c3)CC2)nc2c1c(=O)[nH]c(=O)n2C. The number of fused-ring (bicyclic) bond motifs is 1. The summed E-state index contributed by atoms with van der Waals surface area (Å²) in [6, 6.07) is 7.92. The van der Waals surface area contributed by atoms with Gasteiger partial charge in [0.25, 0.3) is 5.56 Å². The lowest BCUT2D eigenvalue weighted by Gasteiger charge is -2.35. The van der Waals surface area contributed by atoms with Crippen LogP contribution in [-0.2, 0) is 20.1 Å². The van der Waals surface area contributed by atoms with E-state index < -0.39 is 11.2 Å².